The van der Waals surface area contributed by atoms with Crippen LogP contribution in [0.4, 0.5) is 0 Å². The number of carbonyl (C=O) groups is 1. The van der Waals surface area contributed by atoms with E-state index in [-0.39, 0.29) is 19.3 Å². The van der Waals surface area contributed by atoms with E-state index < -0.39 is 20.0 Å². The van der Waals surface area contributed by atoms with Crippen LogP contribution >= 0.6 is 20.2 Å². The van der Waals surface area contributed by atoms with Gasteiger partial charge in [-0.3, -0.25) is 0 Å². The Balaban J connectivity index is 2.36. The Labute approximate surface area is 262 Å². The van der Waals surface area contributed by atoms with E-state index in [9.17, 15) is 14.5 Å². The normalized spacial score (nSPS) is 14.5. The average Bonchev–Trinajstić information content (AvgIpc) is 3.01. The molecular formula is C34H60O6PS+. The van der Waals surface area contributed by atoms with Gasteiger partial charge in [-0.05, 0) is 37.5 Å². The molecule has 0 saturated heterocycles. The maximum Gasteiger partial charge on any atom is 0.470 e. The topological polar surface area (TPSA) is 82.1 Å². The summed E-state index contributed by atoms with van der Waals surface area (Å²) in [5.41, 5.74) is -1.68. The summed E-state index contributed by atoms with van der Waals surface area (Å²) < 4.78 is 28.2. The summed E-state index contributed by atoms with van der Waals surface area (Å²) >= 11 is 2.05. The van der Waals surface area contributed by atoms with Gasteiger partial charge in [0, 0.05) is 11.9 Å². The van der Waals surface area contributed by atoms with Gasteiger partial charge in [-0.15, -0.1) is 0 Å². The Bertz CT molecular complexity index is 783. The van der Waals surface area contributed by atoms with Crippen molar-refractivity contribution in [3.05, 3.63) is 35.9 Å². The quantitative estimate of drug-likeness (QED) is 0.0410. The summed E-state index contributed by atoms with van der Waals surface area (Å²) in [6, 6.07) is 9.13. The molecule has 6 nitrogen and oxygen atoms in total. The molecule has 242 valence electrons. The first-order chi connectivity index (χ1) is 20.5. The lowest BCUT2D eigenvalue weighted by Crippen LogP contribution is -2.37. The van der Waals surface area contributed by atoms with Crippen LogP contribution in [0.25, 0.3) is 0 Å². The molecule has 1 aromatic carbocycles. The van der Waals surface area contributed by atoms with Crippen molar-refractivity contribution in [2.45, 2.75) is 153 Å². The molecule has 0 spiro atoms. The van der Waals surface area contributed by atoms with E-state index in [1.165, 1.54) is 102 Å². The van der Waals surface area contributed by atoms with Gasteiger partial charge in [-0.25, -0.2) is 4.79 Å². The molecule has 1 N–H and O–H groups in total. The largest absolute Gasteiger partial charge is 0.470 e. The van der Waals surface area contributed by atoms with Crippen LogP contribution in [0.15, 0.2) is 30.3 Å². The Morgan fingerprint density at radius 1 is 0.833 bits per heavy atom. The number of aliphatic hydroxyl groups is 1. The van der Waals surface area contributed by atoms with Gasteiger partial charge < -0.3 is 19.3 Å². The second kappa shape index (κ2) is 26.4. The molecule has 0 radical (unpaired) electrons. The van der Waals surface area contributed by atoms with E-state index in [0.29, 0.717) is 18.3 Å². The van der Waals surface area contributed by atoms with Gasteiger partial charge in [0.1, 0.15) is 6.61 Å². The van der Waals surface area contributed by atoms with Crippen LogP contribution in [0.5, 0.6) is 0 Å². The molecule has 0 bridgehead atoms. The Morgan fingerprint density at radius 2 is 1.40 bits per heavy atom. The van der Waals surface area contributed by atoms with Crippen molar-refractivity contribution in [2.75, 3.05) is 19.0 Å². The van der Waals surface area contributed by atoms with Gasteiger partial charge >= 0.3 is 20.0 Å². The number of unbranched alkanes of at least 4 members (excludes halogenated alkanes) is 13. The van der Waals surface area contributed by atoms with Crippen LogP contribution in [-0.2, 0) is 30.2 Å². The standard InChI is InChI=1S/C34H59O6PS/c1-4-6-8-10-12-13-14-16-21-28-42-32(25-20-15-11-9-7-5-2)30(3)38-26-22-27-40-34(36,41-37)33(35)39-29-31-23-18-17-19-24-31/h17-19,23-24,30,32,36H,4-16,20-22,25-29H2,1-3H3/p+1. The van der Waals surface area contributed by atoms with Crippen LogP contribution < -0.4 is 0 Å². The minimum Gasteiger partial charge on any atom is -0.453 e. The van der Waals surface area contributed by atoms with Crippen molar-refractivity contribution >= 4 is 26.2 Å². The zero-order valence-electron chi connectivity index (χ0n) is 26.8. The molecule has 1 rings (SSSR count). The van der Waals surface area contributed by atoms with Crippen molar-refractivity contribution in [1.82, 2.24) is 0 Å². The van der Waals surface area contributed by atoms with E-state index in [2.05, 4.69) is 32.5 Å². The summed E-state index contributed by atoms with van der Waals surface area (Å²) in [4.78, 5) is 12.3. The summed E-state index contributed by atoms with van der Waals surface area (Å²) in [5, 5.41) is 10.9. The minimum absolute atomic E-state index is 0.0207. The molecule has 4 atom stereocenters. The molecule has 8 heteroatoms. The second-order valence-electron chi connectivity index (χ2n) is 11.4. The number of hydrogen-bond donors (Lipinski definition) is 1. The first kappa shape index (κ1) is 39.0. The number of benzene rings is 1. The van der Waals surface area contributed by atoms with Crippen molar-refractivity contribution in [3.8, 4) is 0 Å². The highest BCUT2D eigenvalue weighted by molar-refractivity contribution is 7.99. The number of thioether (sulfide) groups is 1. The van der Waals surface area contributed by atoms with E-state index in [4.69, 9.17) is 14.2 Å². The number of hydrogen-bond acceptors (Lipinski definition) is 7. The Hall–Kier alpha value is -0.980. The predicted octanol–water partition coefficient (Wildman–Crippen LogP) is 9.59. The third kappa shape index (κ3) is 19.3. The van der Waals surface area contributed by atoms with Gasteiger partial charge in [0.2, 0.25) is 0 Å². The SMILES string of the molecule is CCCCCCCCCCCSC(CCCCCCCC)C(C)OCCCOC(O)([PH+]=O)C(=O)OCc1ccccc1. The fourth-order valence-corrected chi connectivity index (χ4v) is 6.51. The van der Waals surface area contributed by atoms with E-state index >= 15 is 0 Å². The van der Waals surface area contributed by atoms with Gasteiger partial charge in [0.25, 0.3) is 0 Å². The maximum absolute atomic E-state index is 12.3. The molecule has 0 amide bonds. The highest BCUT2D eigenvalue weighted by Gasteiger charge is 2.49. The highest BCUT2D eigenvalue weighted by Crippen LogP contribution is 2.27. The molecule has 0 heterocycles. The second-order valence-corrected chi connectivity index (χ2v) is 13.6. The van der Waals surface area contributed by atoms with Gasteiger partial charge in [0.15, 0.2) is 0 Å². The molecule has 0 fully saturated rings. The Kier molecular flexibility index (Phi) is 24.6. The van der Waals surface area contributed by atoms with Gasteiger partial charge in [-0.2, -0.15) is 11.8 Å². The molecule has 4 unspecified atom stereocenters. The van der Waals surface area contributed by atoms with Gasteiger partial charge in [0.05, 0.1) is 12.7 Å². The van der Waals surface area contributed by atoms with E-state index in [1.807, 2.05) is 18.2 Å². The lowest BCUT2D eigenvalue weighted by molar-refractivity contribution is -0.197. The van der Waals surface area contributed by atoms with Crippen LogP contribution in [0, 0.1) is 0 Å². The molecule has 0 aromatic heterocycles. The van der Waals surface area contributed by atoms with Crippen LogP contribution in [0.3, 0.4) is 0 Å². The molecule has 1 aromatic rings. The number of rotatable bonds is 29. The summed E-state index contributed by atoms with van der Waals surface area (Å²) in [5.74, 6) is 0.135. The number of ether oxygens (including phenoxy) is 3. The zero-order valence-corrected chi connectivity index (χ0v) is 28.6. The van der Waals surface area contributed by atoms with Crippen LogP contribution in [0.1, 0.15) is 135 Å². The summed E-state index contributed by atoms with van der Waals surface area (Å²) in [6.45, 7) is 7.15. The van der Waals surface area contributed by atoms with Crippen molar-refractivity contribution < 1.29 is 28.7 Å². The molecule has 0 aliphatic heterocycles. The van der Waals surface area contributed by atoms with Crippen LogP contribution in [-0.4, -0.2) is 46.9 Å². The smallest absolute Gasteiger partial charge is 0.453 e. The van der Waals surface area contributed by atoms with Crippen molar-refractivity contribution in [3.63, 3.8) is 0 Å². The molecule has 0 aliphatic carbocycles. The summed E-state index contributed by atoms with van der Waals surface area (Å²) in [7, 11) is -1.38. The van der Waals surface area contributed by atoms with E-state index in [1.54, 1.807) is 12.1 Å². The van der Waals surface area contributed by atoms with E-state index in [0.717, 1.165) is 12.0 Å². The first-order valence-electron chi connectivity index (χ1n) is 16.7. The fourth-order valence-electron chi connectivity index (χ4n) is 4.83. The van der Waals surface area contributed by atoms with Crippen molar-refractivity contribution in [2.24, 2.45) is 0 Å². The third-order valence-electron chi connectivity index (χ3n) is 7.55. The van der Waals surface area contributed by atoms with Crippen molar-refractivity contribution in [1.29, 1.82) is 0 Å². The number of carbonyl (C=O) groups excluding carboxylic acids is 1. The zero-order chi connectivity index (χ0) is 30.7. The molecule has 0 saturated carbocycles. The maximum atomic E-state index is 12.3. The first-order valence-corrected chi connectivity index (χ1v) is 18.6. The monoisotopic (exact) mass is 627 g/mol. The molecule has 0 aliphatic rings. The van der Waals surface area contributed by atoms with Gasteiger partial charge in [-0.1, -0.05) is 139 Å². The molecule has 42 heavy (non-hydrogen) atoms. The fraction of sp³-hybridized carbons (Fsp3) is 0.794. The van der Waals surface area contributed by atoms with Crippen LogP contribution in [0.2, 0.25) is 0 Å². The summed E-state index contributed by atoms with van der Waals surface area (Å²) in [6.07, 6.45) is 21.6. The highest BCUT2D eigenvalue weighted by atomic mass is 32.2. The Morgan fingerprint density at radius 3 is 2.00 bits per heavy atom. The average molecular weight is 628 g/mol. The number of esters is 1. The lowest BCUT2D eigenvalue weighted by Gasteiger charge is -2.24. The molecular weight excluding hydrogens is 567 g/mol. The minimum atomic E-state index is -2.45. The third-order valence-corrected chi connectivity index (χ3v) is 9.75. The lowest BCUT2D eigenvalue weighted by atomic mass is 10.1. The predicted molar refractivity (Wildman–Crippen MR) is 178 cm³/mol.